The lowest BCUT2D eigenvalue weighted by molar-refractivity contribution is 0.999. The molecule has 0 atom stereocenters. The highest BCUT2D eigenvalue weighted by atomic mass is 15.1. The van der Waals surface area contributed by atoms with E-state index in [2.05, 4.69) is 47.4 Å². The Morgan fingerprint density at radius 3 is 2.47 bits per heavy atom. The van der Waals surface area contributed by atoms with Gasteiger partial charge in [-0.25, -0.2) is 0 Å². The van der Waals surface area contributed by atoms with Gasteiger partial charge in [-0.15, -0.1) is 0 Å². The molecule has 1 aromatic carbocycles. The van der Waals surface area contributed by atoms with E-state index in [1.807, 2.05) is 14.1 Å². The first kappa shape index (κ1) is 11.5. The molecule has 0 saturated carbocycles. The number of benzene rings is 1. The van der Waals surface area contributed by atoms with Crippen LogP contribution >= 0.6 is 0 Å². The molecule has 86 valence electrons. The molecular formula is C15H16N2. The summed E-state index contributed by atoms with van der Waals surface area (Å²) >= 11 is 0. The molecule has 0 N–H and O–H groups in total. The number of nitrogens with zero attached hydrogens (tertiary/aromatic N) is 2. The van der Waals surface area contributed by atoms with Crippen molar-refractivity contribution in [3.05, 3.63) is 47.6 Å². The monoisotopic (exact) mass is 224 g/mol. The average Bonchev–Trinajstić information content (AvgIpc) is 2.39. The molecule has 0 unspecified atom stereocenters. The lowest BCUT2D eigenvalue weighted by Gasteiger charge is -2.14. The Kier molecular flexibility index (Phi) is 3.30. The molecular weight excluding hydrogens is 208 g/mol. The zero-order valence-electron chi connectivity index (χ0n) is 10.3. The van der Waals surface area contributed by atoms with Crippen LogP contribution in [0.3, 0.4) is 0 Å². The predicted molar refractivity (Wildman–Crippen MR) is 71.7 cm³/mol. The van der Waals surface area contributed by atoms with Crippen LogP contribution in [0.4, 0.5) is 5.69 Å². The topological polar surface area (TPSA) is 27.0 Å². The van der Waals surface area contributed by atoms with Gasteiger partial charge in [0.05, 0.1) is 6.07 Å². The summed E-state index contributed by atoms with van der Waals surface area (Å²) < 4.78 is 0. The van der Waals surface area contributed by atoms with Gasteiger partial charge in [-0.2, -0.15) is 5.26 Å². The van der Waals surface area contributed by atoms with Crippen LogP contribution in [0, 0.1) is 11.3 Å². The Hall–Kier alpha value is -2.01. The first-order chi connectivity index (χ1) is 8.22. The zero-order valence-corrected chi connectivity index (χ0v) is 10.3. The van der Waals surface area contributed by atoms with Gasteiger partial charge >= 0.3 is 0 Å². The first-order valence-corrected chi connectivity index (χ1v) is 5.80. The van der Waals surface area contributed by atoms with Crippen molar-refractivity contribution in [1.82, 2.24) is 0 Å². The molecule has 2 nitrogen and oxygen atoms in total. The van der Waals surface area contributed by atoms with Crippen molar-refractivity contribution in [2.75, 3.05) is 19.0 Å². The molecule has 0 radical (unpaired) electrons. The highest BCUT2D eigenvalue weighted by Gasteiger charge is 2.09. The van der Waals surface area contributed by atoms with Gasteiger partial charge in [-0.1, -0.05) is 24.3 Å². The molecule has 0 spiro atoms. The molecule has 0 fully saturated rings. The quantitative estimate of drug-likeness (QED) is 0.770. The molecule has 0 heterocycles. The highest BCUT2D eigenvalue weighted by Crippen LogP contribution is 2.28. The molecule has 2 rings (SSSR count). The Labute approximate surface area is 102 Å². The van der Waals surface area contributed by atoms with Crippen LogP contribution in [0.5, 0.6) is 0 Å². The summed E-state index contributed by atoms with van der Waals surface area (Å²) in [6, 6.07) is 10.6. The average molecular weight is 224 g/mol. The third kappa shape index (κ3) is 2.39. The van der Waals surface area contributed by atoms with Crippen LogP contribution in [-0.4, -0.2) is 14.1 Å². The Bertz CT molecular complexity index is 499. The fraction of sp³-hybridized carbons (Fsp3) is 0.267. The molecule has 1 aliphatic rings. The second kappa shape index (κ2) is 4.88. The SMILES string of the molecule is CN(C)c1ccc(C2=C(C#N)CCC=C2)cc1. The second-order valence-corrected chi connectivity index (χ2v) is 4.39. The van der Waals surface area contributed by atoms with E-state index in [4.69, 9.17) is 5.26 Å². The summed E-state index contributed by atoms with van der Waals surface area (Å²) in [5.74, 6) is 0. The number of nitriles is 1. The second-order valence-electron chi connectivity index (χ2n) is 4.39. The van der Waals surface area contributed by atoms with Gasteiger partial charge in [0, 0.05) is 25.4 Å². The largest absolute Gasteiger partial charge is 0.378 e. The van der Waals surface area contributed by atoms with Gasteiger partial charge in [0.25, 0.3) is 0 Å². The number of anilines is 1. The highest BCUT2D eigenvalue weighted by molar-refractivity contribution is 5.80. The number of allylic oxidation sites excluding steroid dienone is 4. The molecule has 2 heteroatoms. The molecule has 0 aromatic heterocycles. The smallest absolute Gasteiger partial charge is 0.0953 e. The van der Waals surface area contributed by atoms with Gasteiger partial charge in [0.2, 0.25) is 0 Å². The van der Waals surface area contributed by atoms with E-state index in [1.54, 1.807) is 0 Å². The maximum Gasteiger partial charge on any atom is 0.0953 e. The normalized spacial score (nSPS) is 14.6. The van der Waals surface area contributed by atoms with E-state index >= 15 is 0 Å². The van der Waals surface area contributed by atoms with Crippen LogP contribution in [-0.2, 0) is 0 Å². The van der Waals surface area contributed by atoms with Crippen molar-refractivity contribution in [2.45, 2.75) is 12.8 Å². The van der Waals surface area contributed by atoms with E-state index in [0.717, 1.165) is 29.6 Å². The summed E-state index contributed by atoms with van der Waals surface area (Å²) in [5, 5.41) is 9.12. The third-order valence-corrected chi connectivity index (χ3v) is 3.00. The minimum atomic E-state index is 0.859. The maximum atomic E-state index is 9.12. The maximum absolute atomic E-state index is 9.12. The molecule has 1 aliphatic carbocycles. The lowest BCUT2D eigenvalue weighted by atomic mass is 9.93. The van der Waals surface area contributed by atoms with Crippen molar-refractivity contribution in [3.63, 3.8) is 0 Å². The molecule has 0 bridgehead atoms. The van der Waals surface area contributed by atoms with E-state index < -0.39 is 0 Å². The Morgan fingerprint density at radius 2 is 1.88 bits per heavy atom. The van der Waals surface area contributed by atoms with E-state index in [9.17, 15) is 0 Å². The summed E-state index contributed by atoms with van der Waals surface area (Å²) in [5.41, 5.74) is 4.27. The van der Waals surface area contributed by atoms with Gasteiger partial charge in [-0.05, 0) is 36.1 Å². The lowest BCUT2D eigenvalue weighted by Crippen LogP contribution is -2.08. The summed E-state index contributed by atoms with van der Waals surface area (Å²) in [7, 11) is 4.05. The standard InChI is InChI=1S/C15H16N2/c1-17(2)14-9-7-12(8-10-14)15-6-4-3-5-13(15)11-16/h4,6-10H,3,5H2,1-2H3. The first-order valence-electron chi connectivity index (χ1n) is 5.80. The minimum absolute atomic E-state index is 0.859. The van der Waals surface area contributed by atoms with Crippen LogP contribution in [0.25, 0.3) is 5.57 Å². The van der Waals surface area contributed by atoms with Crippen molar-refractivity contribution >= 4 is 11.3 Å². The van der Waals surface area contributed by atoms with Crippen LogP contribution in [0.1, 0.15) is 18.4 Å². The Morgan fingerprint density at radius 1 is 1.18 bits per heavy atom. The summed E-state index contributed by atoms with van der Waals surface area (Å²) in [6.45, 7) is 0. The summed E-state index contributed by atoms with van der Waals surface area (Å²) in [6.07, 6.45) is 6.03. The van der Waals surface area contributed by atoms with E-state index in [0.29, 0.717) is 0 Å². The fourth-order valence-corrected chi connectivity index (χ4v) is 1.99. The van der Waals surface area contributed by atoms with Gasteiger partial charge in [0.1, 0.15) is 0 Å². The molecule has 1 aromatic rings. The van der Waals surface area contributed by atoms with Gasteiger partial charge in [0.15, 0.2) is 0 Å². The molecule has 0 aliphatic heterocycles. The van der Waals surface area contributed by atoms with Crippen LogP contribution in [0.15, 0.2) is 42.0 Å². The van der Waals surface area contributed by atoms with E-state index in [1.165, 1.54) is 5.69 Å². The van der Waals surface area contributed by atoms with Gasteiger partial charge < -0.3 is 4.90 Å². The van der Waals surface area contributed by atoms with Crippen molar-refractivity contribution < 1.29 is 0 Å². The van der Waals surface area contributed by atoms with Crippen molar-refractivity contribution in [2.24, 2.45) is 0 Å². The molecule has 0 amide bonds. The number of rotatable bonds is 2. The predicted octanol–water partition coefficient (Wildman–Crippen LogP) is 3.38. The number of hydrogen-bond acceptors (Lipinski definition) is 2. The molecule has 0 saturated heterocycles. The third-order valence-electron chi connectivity index (χ3n) is 3.00. The fourth-order valence-electron chi connectivity index (χ4n) is 1.99. The van der Waals surface area contributed by atoms with E-state index in [-0.39, 0.29) is 0 Å². The van der Waals surface area contributed by atoms with Crippen LogP contribution < -0.4 is 4.90 Å². The zero-order chi connectivity index (χ0) is 12.3. The number of hydrogen-bond donors (Lipinski definition) is 0. The Balaban J connectivity index is 2.38. The van der Waals surface area contributed by atoms with Gasteiger partial charge in [-0.3, -0.25) is 0 Å². The minimum Gasteiger partial charge on any atom is -0.378 e. The van der Waals surface area contributed by atoms with Crippen LogP contribution in [0.2, 0.25) is 0 Å². The van der Waals surface area contributed by atoms with Crippen molar-refractivity contribution in [3.8, 4) is 6.07 Å². The molecule has 17 heavy (non-hydrogen) atoms. The van der Waals surface area contributed by atoms with Crippen molar-refractivity contribution in [1.29, 1.82) is 5.26 Å². The summed E-state index contributed by atoms with van der Waals surface area (Å²) in [4.78, 5) is 2.07.